The minimum Gasteiger partial charge on any atom is -0.506 e. The van der Waals surface area contributed by atoms with E-state index >= 15 is 0 Å². The van der Waals surface area contributed by atoms with Crippen LogP contribution >= 0.6 is 0 Å². The summed E-state index contributed by atoms with van der Waals surface area (Å²) >= 11 is 0. The highest BCUT2D eigenvalue weighted by Crippen LogP contribution is 2.39. The van der Waals surface area contributed by atoms with Gasteiger partial charge in [0, 0.05) is 36.7 Å². The Balaban J connectivity index is 0.881. The average molecular weight is 760 g/mol. The van der Waals surface area contributed by atoms with Crippen LogP contribution in [0.3, 0.4) is 0 Å². The van der Waals surface area contributed by atoms with E-state index in [0.29, 0.717) is 53.3 Å². The molecule has 12 nitrogen and oxygen atoms in total. The van der Waals surface area contributed by atoms with E-state index in [0.717, 1.165) is 62.0 Å². The van der Waals surface area contributed by atoms with Crippen molar-refractivity contribution in [1.29, 1.82) is 0 Å². The summed E-state index contributed by atoms with van der Waals surface area (Å²) in [4.78, 5) is 44.1. The van der Waals surface area contributed by atoms with Crippen molar-refractivity contribution in [3.05, 3.63) is 141 Å². The van der Waals surface area contributed by atoms with Crippen LogP contribution in [0.25, 0.3) is 10.9 Å². The Kier molecular flexibility index (Phi) is 12.3. The molecule has 2 bridgehead atoms. The van der Waals surface area contributed by atoms with E-state index in [2.05, 4.69) is 20.5 Å². The molecule has 3 aliphatic heterocycles. The van der Waals surface area contributed by atoms with E-state index in [4.69, 9.17) is 4.74 Å². The number of carbonyl (C=O) groups is 2. The van der Waals surface area contributed by atoms with Crippen molar-refractivity contribution in [2.45, 2.75) is 50.5 Å². The maximum Gasteiger partial charge on any atom is 0.408 e. The first-order chi connectivity index (χ1) is 27.2. The number of phenols is 1. The molecule has 3 unspecified atom stereocenters. The number of pyridine rings is 1. The molecule has 292 valence electrons. The highest BCUT2D eigenvalue weighted by molar-refractivity contribution is 5.94. The molecule has 6 N–H and O–H groups in total. The van der Waals surface area contributed by atoms with Gasteiger partial charge < -0.3 is 40.6 Å². The zero-order chi connectivity index (χ0) is 39.0. The molecule has 8 rings (SSSR count). The lowest BCUT2D eigenvalue weighted by Crippen LogP contribution is -2.59. The van der Waals surface area contributed by atoms with Crippen molar-refractivity contribution in [2.24, 2.45) is 5.92 Å². The average Bonchev–Trinajstić information content (AvgIpc) is 3.22. The van der Waals surface area contributed by atoms with Crippen LogP contribution in [0.5, 0.6) is 11.5 Å². The van der Waals surface area contributed by atoms with Crippen molar-refractivity contribution in [3.8, 4) is 11.5 Å². The number of fused-ring (bicyclic) bond motifs is 4. The summed E-state index contributed by atoms with van der Waals surface area (Å²) < 4.78 is 6.21. The number of carboxylic acid groups (broad SMARTS) is 1. The largest absolute Gasteiger partial charge is 0.506 e. The van der Waals surface area contributed by atoms with Gasteiger partial charge in [0.1, 0.15) is 18.1 Å². The quantitative estimate of drug-likeness (QED) is 0.0681. The van der Waals surface area contributed by atoms with Crippen molar-refractivity contribution >= 4 is 22.9 Å². The number of aromatic amines is 1. The molecule has 5 aromatic rings. The molecule has 0 saturated carbocycles. The first-order valence-corrected chi connectivity index (χ1v) is 19.4. The van der Waals surface area contributed by atoms with E-state index in [1.807, 2.05) is 66.7 Å². The number of carbonyl (C=O) groups excluding carboxylic acids is 1. The minimum absolute atomic E-state index is 0.0499. The normalized spacial score (nSPS) is 18.6. The summed E-state index contributed by atoms with van der Waals surface area (Å²) in [5.41, 5.74) is 3.80. The minimum atomic E-state index is -0.917. The summed E-state index contributed by atoms with van der Waals surface area (Å²) in [5, 5.41) is 38.2. The number of unbranched alkanes of at least 4 members (excludes halogenated alkanes) is 1. The van der Waals surface area contributed by atoms with Crippen LogP contribution in [0, 0.1) is 5.92 Å². The number of phenolic OH excluding ortho intramolecular Hbond substituents is 1. The van der Waals surface area contributed by atoms with Gasteiger partial charge in [-0.3, -0.25) is 14.5 Å². The Morgan fingerprint density at radius 1 is 0.893 bits per heavy atom. The number of nitrogens with one attached hydrogen (secondary N) is 3. The highest BCUT2D eigenvalue weighted by Gasteiger charge is 2.43. The Hall–Kier alpha value is -5.69. The van der Waals surface area contributed by atoms with Gasteiger partial charge in [-0.25, -0.2) is 4.79 Å². The molecule has 3 saturated heterocycles. The van der Waals surface area contributed by atoms with Gasteiger partial charge in [0.25, 0.3) is 5.91 Å². The number of rotatable bonds is 16. The summed E-state index contributed by atoms with van der Waals surface area (Å²) in [6.07, 6.45) is 1.81. The molecule has 3 aliphatic rings. The number of ether oxygens (including phenoxy) is 1. The molecule has 0 spiro atoms. The van der Waals surface area contributed by atoms with Crippen LogP contribution in [0.2, 0.25) is 0 Å². The molecule has 4 heterocycles. The molecule has 4 aromatic carbocycles. The second-order valence-electron chi connectivity index (χ2n) is 14.7. The fourth-order valence-electron chi connectivity index (χ4n) is 8.11. The number of hydrogen-bond donors (Lipinski definition) is 6. The standard InChI is InChI=1S/C44H49N5O7/c50-38-17-15-35(36-16-18-40(52)47-41(36)38)39(51)26-45-21-4-5-22-46-43(53)32-13-11-29(12-14-32)28-56-34-10-6-9-33(25-34)42(31-7-2-1-3-8-31)49(44(54)55)37-27-48-23-19-30(37)20-24-48/h1-3,6-18,25,30,37,39,42,45,50-51H,4-5,19-24,26-28H2,(H,46,53)(H,47,52)(H,54,55). The monoisotopic (exact) mass is 759 g/mol. The number of aliphatic hydroxyl groups excluding tert-OH is 1. The lowest BCUT2D eigenvalue weighted by atomic mass is 9.81. The first kappa shape index (κ1) is 38.6. The van der Waals surface area contributed by atoms with Crippen LogP contribution in [0.4, 0.5) is 4.79 Å². The van der Waals surface area contributed by atoms with Gasteiger partial charge in [0.2, 0.25) is 5.56 Å². The number of amides is 2. The molecule has 12 heteroatoms. The third kappa shape index (κ3) is 9.05. The second kappa shape index (κ2) is 17.8. The van der Waals surface area contributed by atoms with Crippen LogP contribution in [0.15, 0.2) is 108 Å². The van der Waals surface area contributed by atoms with Gasteiger partial charge in [-0.1, -0.05) is 60.7 Å². The smallest absolute Gasteiger partial charge is 0.408 e. The molecule has 2 amide bonds. The van der Waals surface area contributed by atoms with Gasteiger partial charge in [0.15, 0.2) is 0 Å². The third-order valence-electron chi connectivity index (χ3n) is 11.1. The Morgan fingerprint density at radius 2 is 1.64 bits per heavy atom. The molecule has 0 radical (unpaired) electrons. The van der Waals surface area contributed by atoms with Crippen LogP contribution < -0.4 is 20.9 Å². The molecule has 0 aliphatic carbocycles. The number of aliphatic hydroxyl groups is 1. The Morgan fingerprint density at radius 3 is 2.38 bits per heavy atom. The number of aromatic nitrogens is 1. The van der Waals surface area contributed by atoms with E-state index in [9.17, 15) is 29.7 Å². The number of piperidine rings is 3. The summed E-state index contributed by atoms with van der Waals surface area (Å²) in [7, 11) is 0. The lowest BCUT2D eigenvalue weighted by molar-refractivity contribution is -0.000814. The highest BCUT2D eigenvalue weighted by atomic mass is 16.5. The predicted molar refractivity (Wildman–Crippen MR) is 214 cm³/mol. The van der Waals surface area contributed by atoms with Gasteiger partial charge in [-0.2, -0.15) is 0 Å². The number of nitrogens with zero attached hydrogens (tertiary/aromatic N) is 2. The molecule has 3 fully saturated rings. The van der Waals surface area contributed by atoms with Gasteiger partial charge in [-0.15, -0.1) is 0 Å². The molecule has 56 heavy (non-hydrogen) atoms. The van der Waals surface area contributed by atoms with E-state index in [1.165, 1.54) is 12.1 Å². The first-order valence-electron chi connectivity index (χ1n) is 19.4. The summed E-state index contributed by atoms with van der Waals surface area (Å²) in [5.74, 6) is 0.771. The predicted octanol–water partition coefficient (Wildman–Crippen LogP) is 5.81. The van der Waals surface area contributed by atoms with Crippen molar-refractivity contribution in [2.75, 3.05) is 39.3 Å². The van der Waals surface area contributed by atoms with Crippen LogP contribution in [-0.4, -0.2) is 87.4 Å². The van der Waals surface area contributed by atoms with Crippen molar-refractivity contribution < 1.29 is 29.6 Å². The number of aromatic hydroxyl groups is 1. The molecule has 3 atom stereocenters. The summed E-state index contributed by atoms with van der Waals surface area (Å²) in [6.45, 7) is 4.54. The Bertz CT molecular complexity index is 2170. The molecule has 1 aromatic heterocycles. The Labute approximate surface area is 325 Å². The number of benzene rings is 4. The van der Waals surface area contributed by atoms with Crippen molar-refractivity contribution in [1.82, 2.24) is 25.4 Å². The zero-order valence-electron chi connectivity index (χ0n) is 31.3. The maximum atomic E-state index is 13.0. The van der Waals surface area contributed by atoms with Crippen LogP contribution in [0.1, 0.15) is 70.4 Å². The van der Waals surface area contributed by atoms with E-state index < -0.39 is 18.2 Å². The van der Waals surface area contributed by atoms with Gasteiger partial charge >= 0.3 is 6.09 Å². The number of hydrogen-bond acceptors (Lipinski definition) is 8. The number of H-pyrrole nitrogens is 1. The van der Waals surface area contributed by atoms with Gasteiger partial charge in [-0.05, 0) is 110 Å². The van der Waals surface area contributed by atoms with Crippen molar-refractivity contribution in [3.63, 3.8) is 0 Å². The van der Waals surface area contributed by atoms with Crippen LogP contribution in [-0.2, 0) is 6.61 Å². The zero-order valence-corrected chi connectivity index (χ0v) is 31.3. The molecular weight excluding hydrogens is 711 g/mol. The van der Waals surface area contributed by atoms with E-state index in [1.54, 1.807) is 29.2 Å². The molecular formula is C44H49N5O7. The van der Waals surface area contributed by atoms with Gasteiger partial charge in [0.05, 0.1) is 23.7 Å². The SMILES string of the molecule is O=C(NCCCCNCC(O)c1ccc(O)c2[nH]c(=O)ccc12)c1ccc(COc2cccc(C(c3ccccc3)N(C(=O)O)C3CN4CCC3CC4)c2)cc1. The summed E-state index contributed by atoms with van der Waals surface area (Å²) in [6, 6.07) is 30.3. The lowest BCUT2D eigenvalue weighted by Gasteiger charge is -2.50. The maximum absolute atomic E-state index is 13.0. The fraction of sp³-hybridized carbons (Fsp3) is 0.341. The second-order valence-corrected chi connectivity index (χ2v) is 14.7. The van der Waals surface area contributed by atoms with E-state index in [-0.39, 0.29) is 29.9 Å². The third-order valence-corrected chi connectivity index (χ3v) is 11.1. The topological polar surface area (TPSA) is 167 Å². The fourth-order valence-corrected chi connectivity index (χ4v) is 8.11.